The van der Waals surface area contributed by atoms with Crippen molar-refractivity contribution in [1.82, 2.24) is 4.90 Å². The van der Waals surface area contributed by atoms with E-state index in [1.165, 1.54) is 17.3 Å². The molecular weight excluding hydrogens is 430 g/mol. The Hall–Kier alpha value is -1.31. The molecule has 0 radical (unpaired) electrons. The van der Waals surface area contributed by atoms with Crippen LogP contribution in [0.1, 0.15) is 52.4 Å². The zero-order valence-corrected chi connectivity index (χ0v) is 18.8. The molecule has 1 saturated heterocycles. The van der Waals surface area contributed by atoms with E-state index < -0.39 is 0 Å². The molecular formula is C21H27CrNO7. The Bertz CT molecular complexity index is 543. The Morgan fingerprint density at radius 1 is 1.10 bits per heavy atom. The molecule has 8 nitrogen and oxygen atoms in total. The molecule has 30 heavy (non-hydrogen) atoms. The molecule has 0 aromatic rings. The van der Waals surface area contributed by atoms with E-state index in [2.05, 4.69) is 67.9 Å². The molecule has 2 fully saturated rings. The topological polar surface area (TPSA) is 129 Å². The Morgan fingerprint density at radius 2 is 1.60 bits per heavy atom. The first-order valence-electron chi connectivity index (χ1n) is 8.76. The van der Waals surface area contributed by atoms with Crippen LogP contribution in [0.5, 0.6) is 0 Å². The number of likely N-dealkylation sites (tertiary alicyclic amines) is 1. The summed E-state index contributed by atoms with van der Waals surface area (Å²) in [6, 6.07) is 0.513. The molecule has 0 unspecified atom stereocenters. The second-order valence-electron chi connectivity index (χ2n) is 6.97. The molecule has 2 rings (SSSR count). The summed E-state index contributed by atoms with van der Waals surface area (Å²) in [7, 11) is 1.78. The van der Waals surface area contributed by atoms with Gasteiger partial charge in [0.25, 0.3) is 0 Å². The zero-order chi connectivity index (χ0) is 24.8. The summed E-state index contributed by atoms with van der Waals surface area (Å²) in [4.78, 5) is 14.2. The summed E-state index contributed by atoms with van der Waals surface area (Å²) >= 11 is 3.28. The third-order valence-corrected chi connectivity index (χ3v) is 5.73. The monoisotopic (exact) mass is 457 g/mol. The number of hydrogen-bond acceptors (Lipinski definition) is 3. The number of rotatable bonds is 5. The van der Waals surface area contributed by atoms with Crippen molar-refractivity contribution in [2.24, 2.45) is 11.3 Å². The third kappa shape index (κ3) is 13.8. The summed E-state index contributed by atoms with van der Waals surface area (Å²) in [6.07, 6.45) is 6.02. The van der Waals surface area contributed by atoms with Gasteiger partial charge in [0.15, 0.2) is 0 Å². The number of ether oxygens (including phenoxy) is 1. The number of carbonyl (C=O) groups is 1. The van der Waals surface area contributed by atoms with Gasteiger partial charge >= 0.3 is 187 Å². The van der Waals surface area contributed by atoms with Crippen molar-refractivity contribution in [2.75, 3.05) is 20.3 Å². The van der Waals surface area contributed by atoms with Crippen molar-refractivity contribution >= 4 is 10.3 Å². The molecule has 2 atom stereocenters. The second kappa shape index (κ2) is 24.0. The van der Waals surface area contributed by atoms with Crippen molar-refractivity contribution in [3.05, 3.63) is 33.3 Å². The molecule has 2 aliphatic rings. The van der Waals surface area contributed by atoms with Gasteiger partial charge in [-0.3, -0.25) is 0 Å². The van der Waals surface area contributed by atoms with E-state index in [0.717, 1.165) is 38.8 Å². The zero-order valence-electron chi connectivity index (χ0n) is 17.5. The van der Waals surface area contributed by atoms with E-state index in [9.17, 15) is 4.79 Å². The average Bonchev–Trinajstić information content (AvgIpc) is 3.27. The predicted molar refractivity (Wildman–Crippen MR) is 97.0 cm³/mol. The van der Waals surface area contributed by atoms with Crippen LogP contribution in [0.3, 0.4) is 0 Å². The van der Waals surface area contributed by atoms with Gasteiger partial charge in [-0.1, -0.05) is 0 Å². The summed E-state index contributed by atoms with van der Waals surface area (Å²) in [5.74, 6) is 0.917. The minimum atomic E-state index is 0.277. The van der Waals surface area contributed by atoms with Crippen LogP contribution < -0.4 is 0 Å². The summed E-state index contributed by atoms with van der Waals surface area (Å²) in [5.41, 5.74) is 0.277. The number of nitrogens with zero attached hydrogens (tertiary/aromatic N) is 1. The molecule has 9 heteroatoms. The molecule has 0 spiro atoms. The second-order valence-corrected chi connectivity index (χ2v) is 7.71. The van der Waals surface area contributed by atoms with Gasteiger partial charge in [0.05, 0.1) is 0 Å². The van der Waals surface area contributed by atoms with Gasteiger partial charge in [0.1, 0.15) is 0 Å². The van der Waals surface area contributed by atoms with Crippen LogP contribution in [0.15, 0.2) is 0 Å². The van der Waals surface area contributed by atoms with E-state index in [-0.39, 0.29) is 5.41 Å². The van der Waals surface area contributed by atoms with E-state index in [4.69, 9.17) is 28.0 Å². The number of methoxy groups -OCH3 is 1. The molecule has 1 heterocycles. The fraction of sp³-hybridized carbons (Fsp3) is 0.667. The summed E-state index contributed by atoms with van der Waals surface area (Å²) in [5, 5.41) is 0. The number of ketones is 1. The molecule has 1 saturated carbocycles. The van der Waals surface area contributed by atoms with Crippen molar-refractivity contribution in [2.45, 2.75) is 58.4 Å². The van der Waals surface area contributed by atoms with E-state index in [1.807, 2.05) is 0 Å². The Morgan fingerprint density at radius 3 is 2.07 bits per heavy atom. The molecule has 164 valence electrons. The molecule has 0 N–H and O–H groups in total. The minimum absolute atomic E-state index is 0.277. The Kier molecular flexibility index (Phi) is 28.8. The van der Waals surface area contributed by atoms with E-state index in [0.29, 0.717) is 17.7 Å². The van der Waals surface area contributed by atoms with Crippen molar-refractivity contribution in [3.63, 3.8) is 0 Å². The maximum absolute atomic E-state index is 11.8. The first-order valence-corrected chi connectivity index (χ1v) is 9.40. The molecule has 0 amide bonds. The first-order chi connectivity index (χ1) is 14.4. The summed E-state index contributed by atoms with van der Waals surface area (Å²) in [6.45, 7) is 29.1. The van der Waals surface area contributed by atoms with Crippen molar-refractivity contribution in [1.29, 1.82) is 0 Å². The van der Waals surface area contributed by atoms with Crippen LogP contribution in [0.25, 0.3) is 0 Å². The SMILES string of the molecule is COC[C@@H]1CCCN1[C](=[Cr])C[C@H]1CC(=O)CCC1(C)C.[C-]#[O+].[C-]#[O+].[C-]#[O+].[C-]#[O+].[C-]#[O+]. The van der Waals surface area contributed by atoms with Crippen molar-refractivity contribution in [3.8, 4) is 0 Å². The van der Waals surface area contributed by atoms with Crippen LogP contribution in [-0.2, 0) is 48.6 Å². The Labute approximate surface area is 187 Å². The normalized spacial score (nSPS) is 20.8. The van der Waals surface area contributed by atoms with Gasteiger partial charge in [0.2, 0.25) is 0 Å². The van der Waals surface area contributed by atoms with Crippen LogP contribution in [0, 0.1) is 44.6 Å². The predicted octanol–water partition coefficient (Wildman–Crippen LogP) is 2.37. The molecule has 1 aliphatic heterocycles. The third-order valence-electron chi connectivity index (χ3n) is 5.10. The van der Waals surface area contributed by atoms with Crippen LogP contribution in [-0.4, -0.2) is 41.5 Å². The van der Waals surface area contributed by atoms with Crippen LogP contribution in [0.4, 0.5) is 0 Å². The average molecular weight is 457 g/mol. The van der Waals surface area contributed by atoms with Crippen molar-refractivity contribution < 1.29 is 48.6 Å². The Balaban J connectivity index is -0.000000296. The fourth-order valence-corrected chi connectivity index (χ4v) is 4.21. The molecule has 1 aliphatic carbocycles. The molecule has 0 bridgehead atoms. The maximum atomic E-state index is 11.8. The van der Waals surface area contributed by atoms with Crippen LogP contribution in [0.2, 0.25) is 0 Å². The summed E-state index contributed by atoms with van der Waals surface area (Å²) < 4.78 is 44.2. The fourth-order valence-electron chi connectivity index (χ4n) is 3.53. The standard InChI is InChI=1S/C16H27NO2.5CO.Cr/c1-16(2)8-6-15(18)11-13(16)7-10-17-9-4-5-14(17)12-19-3;5*1-2;/h13-14H,4-9,11-12H2,1-3H3;;;;;;/t13-,14-;;;;;;/m0....../s1. The van der Waals surface area contributed by atoms with Gasteiger partial charge in [-0.05, 0) is 0 Å². The van der Waals surface area contributed by atoms with Gasteiger partial charge in [-0.25, -0.2) is 0 Å². The van der Waals surface area contributed by atoms with E-state index in [1.54, 1.807) is 7.11 Å². The van der Waals surface area contributed by atoms with Gasteiger partial charge in [-0.15, -0.1) is 0 Å². The number of hydrogen-bond donors (Lipinski definition) is 0. The van der Waals surface area contributed by atoms with Gasteiger partial charge < -0.3 is 0 Å². The number of carbonyl (C=O) groups excluding carboxylic acids is 1. The first kappa shape index (κ1) is 36.1. The van der Waals surface area contributed by atoms with Gasteiger partial charge in [-0.2, -0.15) is 0 Å². The van der Waals surface area contributed by atoms with Crippen LogP contribution >= 0.6 is 0 Å². The van der Waals surface area contributed by atoms with Gasteiger partial charge in [0, 0.05) is 0 Å². The van der Waals surface area contributed by atoms with E-state index >= 15 is 0 Å². The molecule has 0 aromatic carbocycles. The quantitative estimate of drug-likeness (QED) is 0.464. The number of Topliss-reactive ketones (excluding diaryl/α,β-unsaturated/α-hetero) is 1. The molecule has 0 aromatic heterocycles.